The van der Waals surface area contributed by atoms with Gasteiger partial charge in [-0.15, -0.1) is 13.2 Å². The maximum Gasteiger partial charge on any atom is 0.126 e. The lowest BCUT2D eigenvalue weighted by Gasteiger charge is -1.56. The minimum Gasteiger partial charge on any atom is -0.397 e. The molecule has 0 saturated carbocycles. The second-order valence-corrected chi connectivity index (χ2v) is 1.22. The zero-order valence-corrected chi connectivity index (χ0v) is 6.48. The van der Waals surface area contributed by atoms with Crippen LogP contribution in [0.1, 0.15) is 20.8 Å². The largest absolute Gasteiger partial charge is 0.397 e. The van der Waals surface area contributed by atoms with Gasteiger partial charge in [0.15, 0.2) is 0 Å². The van der Waals surface area contributed by atoms with Gasteiger partial charge in [-0.2, -0.15) is 0 Å². The van der Waals surface area contributed by atoms with Crippen molar-refractivity contribution in [3.05, 3.63) is 13.2 Å². The van der Waals surface area contributed by atoms with E-state index >= 15 is 0 Å². The van der Waals surface area contributed by atoms with Gasteiger partial charge in [0.25, 0.3) is 0 Å². The molecule has 0 aliphatic heterocycles. The molecule has 2 heteroatoms. The molecule has 0 aromatic rings. The fourth-order valence-corrected chi connectivity index (χ4v) is 0. The minimum atomic E-state index is 0.167. The fourth-order valence-electron chi connectivity index (χ4n) is 0. The molecule has 1 N–H and O–H groups in total. The Morgan fingerprint density at radius 2 is 1.44 bits per heavy atom. The third kappa shape index (κ3) is 535. The molecule has 0 bridgehead atoms. The van der Waals surface area contributed by atoms with Crippen molar-refractivity contribution in [1.82, 2.24) is 0 Å². The van der Waals surface area contributed by atoms with E-state index in [1.807, 2.05) is 0 Å². The lowest BCUT2D eigenvalue weighted by Crippen LogP contribution is -1.69. The molecule has 9 heavy (non-hydrogen) atoms. The van der Waals surface area contributed by atoms with Crippen LogP contribution in [-0.4, -0.2) is 17.5 Å². The van der Waals surface area contributed by atoms with E-state index in [-0.39, 0.29) is 12.4 Å². The summed E-state index contributed by atoms with van der Waals surface area (Å²) in [4.78, 5) is 9.44. The second-order valence-electron chi connectivity index (χ2n) is 1.22. The molecular weight excluding hydrogens is 116 g/mol. The average molecular weight is 132 g/mol. The molecular formula is C7H16O2. The lowest BCUT2D eigenvalue weighted by molar-refractivity contribution is -0.114. The quantitative estimate of drug-likeness (QED) is 0.506. The van der Waals surface area contributed by atoms with Crippen LogP contribution in [0.4, 0.5) is 0 Å². The van der Waals surface area contributed by atoms with Crippen LogP contribution < -0.4 is 0 Å². The Kier molecular flexibility index (Phi) is 46.1. The van der Waals surface area contributed by atoms with Gasteiger partial charge in [-0.05, 0) is 20.8 Å². The topological polar surface area (TPSA) is 37.3 Å². The average Bonchev–Trinajstić information content (AvgIpc) is 1.71. The van der Waals surface area contributed by atoms with Crippen molar-refractivity contribution >= 4 is 5.78 Å². The highest BCUT2D eigenvalue weighted by Gasteiger charge is 1.62. The van der Waals surface area contributed by atoms with Gasteiger partial charge >= 0.3 is 0 Å². The maximum absolute atomic E-state index is 9.44. The summed E-state index contributed by atoms with van der Waals surface area (Å²) in [5.74, 6) is 0.167. The minimum absolute atomic E-state index is 0.167. The van der Waals surface area contributed by atoms with E-state index in [0.29, 0.717) is 0 Å². The summed E-state index contributed by atoms with van der Waals surface area (Å²) < 4.78 is 0. The molecule has 0 heterocycles. The molecule has 0 fully saturated rings. The lowest BCUT2D eigenvalue weighted by atomic mass is 10.6. The standard InChI is InChI=1S/C3H6O.C2H6O.C2H4/c1-3(2)4;1-2-3;1-2/h1-2H3;3H,2H2,1H3;1-2H2. The van der Waals surface area contributed by atoms with Gasteiger partial charge in [0.05, 0.1) is 0 Å². The van der Waals surface area contributed by atoms with E-state index in [9.17, 15) is 4.79 Å². The van der Waals surface area contributed by atoms with E-state index in [2.05, 4.69) is 13.2 Å². The Morgan fingerprint density at radius 3 is 1.44 bits per heavy atom. The Hall–Kier alpha value is -0.630. The van der Waals surface area contributed by atoms with E-state index in [0.717, 1.165) is 0 Å². The van der Waals surface area contributed by atoms with Gasteiger partial charge in [0, 0.05) is 6.61 Å². The van der Waals surface area contributed by atoms with Gasteiger partial charge in [0.1, 0.15) is 5.78 Å². The van der Waals surface area contributed by atoms with E-state index in [1.54, 1.807) is 6.92 Å². The predicted octanol–water partition coefficient (Wildman–Crippen LogP) is 1.40. The molecule has 0 amide bonds. The van der Waals surface area contributed by atoms with E-state index < -0.39 is 0 Å². The zero-order valence-electron chi connectivity index (χ0n) is 6.48. The number of carbonyl (C=O) groups is 1. The highest BCUT2D eigenvalue weighted by molar-refractivity contribution is 5.72. The molecule has 0 radical (unpaired) electrons. The summed E-state index contributed by atoms with van der Waals surface area (Å²) >= 11 is 0. The summed E-state index contributed by atoms with van der Waals surface area (Å²) in [6.07, 6.45) is 0. The van der Waals surface area contributed by atoms with Crippen molar-refractivity contribution in [2.24, 2.45) is 0 Å². The van der Waals surface area contributed by atoms with Crippen molar-refractivity contribution in [3.8, 4) is 0 Å². The van der Waals surface area contributed by atoms with Crippen LogP contribution in [0, 0.1) is 0 Å². The number of hydrogen-bond acceptors (Lipinski definition) is 2. The van der Waals surface area contributed by atoms with Crippen LogP contribution in [0.15, 0.2) is 13.2 Å². The van der Waals surface area contributed by atoms with E-state index in [4.69, 9.17) is 5.11 Å². The molecule has 0 saturated heterocycles. The van der Waals surface area contributed by atoms with Crippen molar-refractivity contribution in [3.63, 3.8) is 0 Å². The van der Waals surface area contributed by atoms with Crippen molar-refractivity contribution < 1.29 is 9.90 Å². The molecule has 0 aromatic heterocycles. The first-order valence-electron chi connectivity index (χ1n) is 2.73. The van der Waals surface area contributed by atoms with Gasteiger partial charge in [0.2, 0.25) is 0 Å². The highest BCUT2D eigenvalue weighted by Crippen LogP contribution is 1.50. The second kappa shape index (κ2) is 26.3. The molecule has 0 aromatic carbocycles. The molecule has 0 rings (SSSR count). The number of aliphatic hydroxyl groups excluding tert-OH is 1. The normalized spacial score (nSPS) is 5.33. The Labute approximate surface area is 57.2 Å². The Bertz CT molecular complexity index is 46.9. The molecule has 2 nitrogen and oxygen atoms in total. The van der Waals surface area contributed by atoms with Crippen LogP contribution in [0.2, 0.25) is 0 Å². The number of hydrogen-bond donors (Lipinski definition) is 1. The van der Waals surface area contributed by atoms with Crippen molar-refractivity contribution in [2.75, 3.05) is 6.61 Å². The summed E-state index contributed by atoms with van der Waals surface area (Å²) in [5, 5.41) is 7.57. The summed E-state index contributed by atoms with van der Waals surface area (Å²) in [7, 11) is 0. The van der Waals surface area contributed by atoms with Gasteiger partial charge < -0.3 is 9.90 Å². The van der Waals surface area contributed by atoms with Gasteiger partial charge in [-0.3, -0.25) is 0 Å². The molecule has 0 spiro atoms. The first-order valence-corrected chi connectivity index (χ1v) is 2.73. The molecule has 0 unspecified atom stereocenters. The number of rotatable bonds is 0. The SMILES string of the molecule is C=C.CC(C)=O.CCO. The fraction of sp³-hybridized carbons (Fsp3) is 0.571. The number of aliphatic hydroxyl groups is 1. The summed E-state index contributed by atoms with van der Waals surface area (Å²) in [6, 6.07) is 0. The highest BCUT2D eigenvalue weighted by atomic mass is 16.2. The van der Waals surface area contributed by atoms with Crippen molar-refractivity contribution in [1.29, 1.82) is 0 Å². The van der Waals surface area contributed by atoms with Crippen molar-refractivity contribution in [2.45, 2.75) is 20.8 Å². The Morgan fingerprint density at radius 1 is 1.44 bits per heavy atom. The first-order chi connectivity index (χ1) is 4.15. The van der Waals surface area contributed by atoms with Gasteiger partial charge in [-0.25, -0.2) is 0 Å². The molecule has 0 aliphatic rings. The van der Waals surface area contributed by atoms with Crippen LogP contribution in [-0.2, 0) is 4.79 Å². The number of carbonyl (C=O) groups excluding carboxylic acids is 1. The molecule has 0 atom stereocenters. The van der Waals surface area contributed by atoms with Crippen LogP contribution in [0.3, 0.4) is 0 Å². The van der Waals surface area contributed by atoms with Crippen LogP contribution in [0.5, 0.6) is 0 Å². The van der Waals surface area contributed by atoms with E-state index in [1.165, 1.54) is 13.8 Å². The smallest absolute Gasteiger partial charge is 0.126 e. The number of Topliss-reactive ketones (excluding diaryl/α,β-unsaturated/α-hetero) is 1. The third-order valence-electron chi connectivity index (χ3n) is 0. The predicted molar refractivity (Wildman–Crippen MR) is 40.4 cm³/mol. The summed E-state index contributed by atoms with van der Waals surface area (Å²) in [5.41, 5.74) is 0. The first kappa shape index (κ1) is 15.8. The molecule has 56 valence electrons. The van der Waals surface area contributed by atoms with Crippen LogP contribution in [0.25, 0.3) is 0 Å². The van der Waals surface area contributed by atoms with Crippen LogP contribution >= 0.6 is 0 Å². The summed E-state index contributed by atoms with van der Waals surface area (Å²) in [6.45, 7) is 11.0. The Balaban J connectivity index is -0.0000000646. The van der Waals surface area contributed by atoms with Gasteiger partial charge in [-0.1, -0.05) is 0 Å². The zero-order chi connectivity index (χ0) is 8.28. The molecule has 0 aliphatic carbocycles. The monoisotopic (exact) mass is 132 g/mol. The third-order valence-corrected chi connectivity index (χ3v) is 0. The number of ketones is 1. The maximum atomic E-state index is 9.44.